The number of amides is 4. The molecule has 0 radical (unpaired) electrons. The fourth-order valence-corrected chi connectivity index (χ4v) is 7.17. The van der Waals surface area contributed by atoms with E-state index in [0.29, 0.717) is 0 Å². The van der Waals surface area contributed by atoms with Crippen LogP contribution in [0.4, 0.5) is 0 Å². The van der Waals surface area contributed by atoms with Gasteiger partial charge in [0.2, 0.25) is 23.6 Å². The summed E-state index contributed by atoms with van der Waals surface area (Å²) in [5, 5.41) is 116. The van der Waals surface area contributed by atoms with Crippen LogP contribution in [0.1, 0.15) is 27.7 Å². The largest absolute Gasteiger partial charge is 0.394 e. The Labute approximate surface area is 325 Å². The Bertz CT molecular complexity index is 1370. The van der Waals surface area contributed by atoms with E-state index in [0.717, 1.165) is 27.7 Å². The highest BCUT2D eigenvalue weighted by molar-refractivity contribution is 5.74. The van der Waals surface area contributed by atoms with Gasteiger partial charge >= 0.3 is 0 Å². The van der Waals surface area contributed by atoms with E-state index in [4.69, 9.17) is 33.2 Å². The maximum absolute atomic E-state index is 12.4. The van der Waals surface area contributed by atoms with Gasteiger partial charge in [-0.2, -0.15) is 0 Å². The van der Waals surface area contributed by atoms with Crippen molar-refractivity contribution in [1.29, 1.82) is 0 Å². The lowest BCUT2D eigenvalue weighted by Gasteiger charge is -2.51. The maximum atomic E-state index is 12.4. The van der Waals surface area contributed by atoms with Gasteiger partial charge in [0.05, 0.1) is 26.4 Å². The number of carbonyl (C=O) groups is 4. The monoisotopic (exact) mass is 830 g/mol. The van der Waals surface area contributed by atoms with Crippen LogP contribution in [0.15, 0.2) is 0 Å². The highest BCUT2D eigenvalue weighted by Gasteiger charge is 2.56. The van der Waals surface area contributed by atoms with Crippen molar-refractivity contribution in [2.24, 2.45) is 0 Å². The lowest BCUT2D eigenvalue weighted by atomic mass is 9.93. The van der Waals surface area contributed by atoms with Crippen LogP contribution in [-0.4, -0.2) is 224 Å². The number of aliphatic hydroxyl groups is 10. The Kier molecular flexibility index (Phi) is 16.8. The summed E-state index contributed by atoms with van der Waals surface area (Å²) >= 11 is 0. The molecular weight excluding hydrogens is 776 g/mol. The minimum atomic E-state index is -1.89. The molecular formula is C32H54N4O21. The van der Waals surface area contributed by atoms with Crippen LogP contribution in [-0.2, 0) is 52.3 Å². The normalized spacial score (nSPS) is 43.8. The number of nitrogens with one attached hydrogen (secondary N) is 4. The third-order valence-electron chi connectivity index (χ3n) is 9.81. The van der Waals surface area contributed by atoms with E-state index < -0.39 is 173 Å². The molecule has 2 unspecified atom stereocenters. The van der Waals surface area contributed by atoms with Gasteiger partial charge in [-0.1, -0.05) is 0 Å². The van der Waals surface area contributed by atoms with Crippen LogP contribution in [0.25, 0.3) is 0 Å². The first kappa shape index (κ1) is 46.9. The van der Waals surface area contributed by atoms with Gasteiger partial charge in [-0.05, 0) is 0 Å². The Balaban J connectivity index is 1.61. The second kappa shape index (κ2) is 20.4. The van der Waals surface area contributed by atoms with Crippen LogP contribution >= 0.6 is 0 Å². The lowest BCUT2D eigenvalue weighted by Crippen LogP contribution is -2.71. The molecule has 4 aliphatic heterocycles. The summed E-state index contributed by atoms with van der Waals surface area (Å²) in [4.78, 5) is 48.5. The second-order valence-corrected chi connectivity index (χ2v) is 14.1. The molecule has 0 aromatic rings. The van der Waals surface area contributed by atoms with Crippen LogP contribution in [0.5, 0.6) is 0 Å². The van der Waals surface area contributed by atoms with E-state index in [-0.39, 0.29) is 0 Å². The average Bonchev–Trinajstić information content (AvgIpc) is 3.14. The molecule has 0 aliphatic carbocycles. The third-order valence-corrected chi connectivity index (χ3v) is 9.81. The highest BCUT2D eigenvalue weighted by atomic mass is 16.8. The van der Waals surface area contributed by atoms with Gasteiger partial charge in [-0.3, -0.25) is 19.2 Å². The zero-order valence-electron chi connectivity index (χ0n) is 31.3. The SMILES string of the molecule is CC(=O)N[C@H]1[C@H](O[C@H]2C(O)[C@@H](NC(C)=O)[C@H](O)O[C@@H]2CO)O[C@H](CO)[C@@H](O[C@@H]2O[C@H](CO)[C@@H](O[C@@H]3O[C@H](CO)[C@@H](O)[C@H](O)[C@H]3NC(C)=O)C(O)[C@H]2NC(C)=O)[C@@H]1O. The van der Waals surface area contributed by atoms with Crippen molar-refractivity contribution in [2.75, 3.05) is 26.4 Å². The van der Waals surface area contributed by atoms with Gasteiger partial charge in [0, 0.05) is 27.7 Å². The number of carbonyl (C=O) groups excluding carboxylic acids is 4. The van der Waals surface area contributed by atoms with Gasteiger partial charge in [0.15, 0.2) is 25.2 Å². The molecule has 25 nitrogen and oxygen atoms in total. The van der Waals surface area contributed by atoms with Crippen molar-refractivity contribution in [3.05, 3.63) is 0 Å². The van der Waals surface area contributed by atoms with E-state index in [2.05, 4.69) is 21.3 Å². The molecule has 0 bridgehead atoms. The van der Waals surface area contributed by atoms with Crippen molar-refractivity contribution < 1.29 is 103 Å². The molecule has 14 N–H and O–H groups in total. The summed E-state index contributed by atoms with van der Waals surface area (Å²) in [6, 6.07) is -6.15. The average molecular weight is 831 g/mol. The van der Waals surface area contributed by atoms with Crippen molar-refractivity contribution >= 4 is 23.6 Å². The second-order valence-electron chi connectivity index (χ2n) is 14.1. The zero-order valence-corrected chi connectivity index (χ0v) is 31.3. The molecule has 4 amide bonds. The molecule has 4 fully saturated rings. The van der Waals surface area contributed by atoms with Crippen molar-refractivity contribution in [3.63, 3.8) is 0 Å². The third kappa shape index (κ3) is 10.9. The minimum absolute atomic E-state index is 0.664. The molecule has 0 aromatic carbocycles. The molecule has 4 saturated heterocycles. The number of hydrogen-bond acceptors (Lipinski definition) is 21. The molecule has 25 heteroatoms. The summed E-state index contributed by atoms with van der Waals surface area (Å²) < 4.78 is 40.6. The van der Waals surface area contributed by atoms with E-state index >= 15 is 0 Å². The highest BCUT2D eigenvalue weighted by Crippen LogP contribution is 2.34. The first-order valence-corrected chi connectivity index (χ1v) is 18.1. The fourth-order valence-electron chi connectivity index (χ4n) is 7.17. The summed E-state index contributed by atoms with van der Waals surface area (Å²) in [7, 11) is 0. The van der Waals surface area contributed by atoms with E-state index in [1.54, 1.807) is 0 Å². The van der Waals surface area contributed by atoms with Gasteiger partial charge in [0.25, 0.3) is 0 Å². The van der Waals surface area contributed by atoms with Gasteiger partial charge < -0.3 is 105 Å². The predicted octanol–water partition coefficient (Wildman–Crippen LogP) is -9.17. The van der Waals surface area contributed by atoms with Gasteiger partial charge in [0.1, 0.15) is 97.4 Å². The lowest BCUT2D eigenvalue weighted by molar-refractivity contribution is -0.362. The van der Waals surface area contributed by atoms with Gasteiger partial charge in [-0.25, -0.2) is 0 Å². The van der Waals surface area contributed by atoms with Crippen LogP contribution in [0.2, 0.25) is 0 Å². The van der Waals surface area contributed by atoms with Crippen LogP contribution in [0.3, 0.4) is 0 Å². The number of hydrogen-bond donors (Lipinski definition) is 14. The summed E-state index contributed by atoms with van der Waals surface area (Å²) in [6.07, 6.45) is -26.9. The first-order valence-electron chi connectivity index (χ1n) is 18.1. The topological polar surface area (TPSA) is 383 Å². The zero-order chi connectivity index (χ0) is 42.5. The van der Waals surface area contributed by atoms with Gasteiger partial charge in [-0.15, -0.1) is 0 Å². The smallest absolute Gasteiger partial charge is 0.217 e. The van der Waals surface area contributed by atoms with Crippen LogP contribution in [0, 0.1) is 0 Å². The van der Waals surface area contributed by atoms with Crippen molar-refractivity contribution in [2.45, 2.75) is 150 Å². The van der Waals surface area contributed by atoms with E-state index in [1.807, 2.05) is 0 Å². The standard InChI is InChI=1S/C32H54N4O21/c1-9(41)33-17-23(47)26(14(6-38)51-29(17)50)55-31-19(35-11(3)43)25(49)28(16(8-40)53-31)57-32-20(36-12(4)44)24(48)27(15(7-39)54-32)56-30-18(34-10(2)42)22(46)21(45)13(5-37)52-30/h13-32,37-40,45-50H,5-8H2,1-4H3,(H,33,41)(H,34,42)(H,35,43)(H,36,44)/t13-,14-,15-,16-,17-,18-,19-,20-,21-,22-,23?,24?,25-,26-,27-,28-,29-,30+,31+,32+/m1/s1. The minimum Gasteiger partial charge on any atom is -0.394 e. The molecule has 0 aromatic heterocycles. The first-order chi connectivity index (χ1) is 26.9. The Morgan fingerprint density at radius 1 is 0.421 bits per heavy atom. The Morgan fingerprint density at radius 2 is 0.702 bits per heavy atom. The number of ether oxygens (including phenoxy) is 7. The van der Waals surface area contributed by atoms with Crippen molar-refractivity contribution in [1.82, 2.24) is 21.3 Å². The molecule has 0 saturated carbocycles. The molecule has 4 aliphatic rings. The molecule has 4 rings (SSSR count). The van der Waals surface area contributed by atoms with E-state index in [1.165, 1.54) is 0 Å². The Hall–Kier alpha value is -2.80. The summed E-state index contributed by atoms with van der Waals surface area (Å²) in [5.74, 6) is -2.84. The number of aliphatic hydroxyl groups excluding tert-OH is 10. The Morgan fingerprint density at radius 3 is 1.04 bits per heavy atom. The molecule has 57 heavy (non-hydrogen) atoms. The molecule has 20 atom stereocenters. The quantitative estimate of drug-likeness (QED) is 0.0773. The van der Waals surface area contributed by atoms with Crippen LogP contribution < -0.4 is 21.3 Å². The number of rotatable bonds is 14. The maximum Gasteiger partial charge on any atom is 0.217 e. The predicted molar refractivity (Wildman–Crippen MR) is 180 cm³/mol. The molecule has 0 spiro atoms. The summed E-state index contributed by atoms with van der Waals surface area (Å²) in [5.41, 5.74) is 0. The molecule has 4 heterocycles. The van der Waals surface area contributed by atoms with E-state index in [9.17, 15) is 70.2 Å². The summed E-state index contributed by atoms with van der Waals surface area (Å²) in [6.45, 7) is 0.884. The fraction of sp³-hybridized carbons (Fsp3) is 0.875. The van der Waals surface area contributed by atoms with Crippen molar-refractivity contribution in [3.8, 4) is 0 Å². The molecule has 328 valence electrons.